The Morgan fingerprint density at radius 1 is 1.57 bits per heavy atom. The first-order chi connectivity index (χ1) is 6.56. The third-order valence-corrected chi connectivity index (χ3v) is 2.84. The van der Waals surface area contributed by atoms with E-state index in [4.69, 9.17) is 4.74 Å². The van der Waals surface area contributed by atoms with Gasteiger partial charge in [0.1, 0.15) is 0 Å². The molecule has 1 fully saturated rings. The Labute approximate surface area is 84.6 Å². The maximum atomic E-state index is 10.1. The van der Waals surface area contributed by atoms with Gasteiger partial charge in [0.25, 0.3) is 0 Å². The van der Waals surface area contributed by atoms with Crippen LogP contribution in [0.1, 0.15) is 39.5 Å². The van der Waals surface area contributed by atoms with Crippen molar-refractivity contribution in [3.05, 3.63) is 4.91 Å². The molecule has 2 unspecified atom stereocenters. The molecule has 2 atom stereocenters. The van der Waals surface area contributed by atoms with E-state index in [1.165, 1.54) is 12.8 Å². The standard InChI is InChI=1S/C10H19NO3/c1-8(11-13)7-9(12)14-6-5-10(2)3-4-10/h8-9,12H,3-7H2,1-2H3. The van der Waals surface area contributed by atoms with Crippen molar-refractivity contribution in [2.24, 2.45) is 10.6 Å². The van der Waals surface area contributed by atoms with Crippen molar-refractivity contribution in [2.75, 3.05) is 6.61 Å². The molecule has 4 heteroatoms. The largest absolute Gasteiger partial charge is 0.368 e. The lowest BCUT2D eigenvalue weighted by Crippen LogP contribution is -2.18. The molecule has 1 aliphatic rings. The van der Waals surface area contributed by atoms with Gasteiger partial charge in [-0.2, -0.15) is 4.91 Å². The van der Waals surface area contributed by atoms with Crippen molar-refractivity contribution in [3.8, 4) is 0 Å². The Balaban J connectivity index is 2.02. The normalized spacial score (nSPS) is 22.8. The molecule has 82 valence electrons. The Bertz CT molecular complexity index is 192. The lowest BCUT2D eigenvalue weighted by molar-refractivity contribution is -0.108. The van der Waals surface area contributed by atoms with E-state index >= 15 is 0 Å². The third kappa shape index (κ3) is 4.15. The number of nitrogens with zero attached hydrogens (tertiary/aromatic N) is 1. The Morgan fingerprint density at radius 3 is 2.71 bits per heavy atom. The highest BCUT2D eigenvalue weighted by atomic mass is 16.6. The van der Waals surface area contributed by atoms with Crippen molar-refractivity contribution in [1.29, 1.82) is 0 Å². The molecule has 1 saturated carbocycles. The maximum Gasteiger partial charge on any atom is 0.156 e. The van der Waals surface area contributed by atoms with Crippen LogP contribution in [-0.4, -0.2) is 24.0 Å². The summed E-state index contributed by atoms with van der Waals surface area (Å²) in [5.74, 6) is 0. The van der Waals surface area contributed by atoms with Crippen molar-refractivity contribution < 1.29 is 9.84 Å². The number of aliphatic hydroxyl groups is 1. The Morgan fingerprint density at radius 2 is 2.21 bits per heavy atom. The molecule has 0 aromatic rings. The minimum atomic E-state index is -0.843. The topological polar surface area (TPSA) is 58.9 Å². The first-order valence-electron chi connectivity index (χ1n) is 5.18. The molecule has 0 aromatic carbocycles. The Kier molecular flexibility index (Phi) is 4.01. The summed E-state index contributed by atoms with van der Waals surface area (Å²) in [4.78, 5) is 10.1. The maximum absolute atomic E-state index is 10.1. The highest BCUT2D eigenvalue weighted by Gasteiger charge is 2.36. The molecule has 0 spiro atoms. The monoisotopic (exact) mass is 201 g/mol. The van der Waals surface area contributed by atoms with E-state index in [-0.39, 0.29) is 6.04 Å². The highest BCUT2D eigenvalue weighted by molar-refractivity contribution is 4.87. The summed E-state index contributed by atoms with van der Waals surface area (Å²) in [6, 6.07) is -0.374. The average molecular weight is 201 g/mol. The van der Waals surface area contributed by atoms with Gasteiger partial charge in [-0.25, -0.2) is 0 Å². The highest BCUT2D eigenvalue weighted by Crippen LogP contribution is 2.47. The first-order valence-corrected chi connectivity index (χ1v) is 5.18. The van der Waals surface area contributed by atoms with Crippen molar-refractivity contribution >= 4 is 0 Å². The Hall–Kier alpha value is -0.480. The molecule has 0 aliphatic heterocycles. The fourth-order valence-corrected chi connectivity index (χ4v) is 1.31. The van der Waals surface area contributed by atoms with Gasteiger partial charge in [0.15, 0.2) is 6.29 Å². The van der Waals surface area contributed by atoms with E-state index in [0.717, 1.165) is 6.42 Å². The van der Waals surface area contributed by atoms with Gasteiger partial charge in [-0.05, 0) is 31.6 Å². The van der Waals surface area contributed by atoms with Crippen LogP contribution in [0.4, 0.5) is 0 Å². The van der Waals surface area contributed by atoms with E-state index < -0.39 is 6.29 Å². The molecular formula is C10H19NO3. The van der Waals surface area contributed by atoms with Gasteiger partial charge in [-0.1, -0.05) is 12.1 Å². The molecular weight excluding hydrogens is 182 g/mol. The summed E-state index contributed by atoms with van der Waals surface area (Å²) < 4.78 is 5.19. The lowest BCUT2D eigenvalue weighted by Gasteiger charge is -2.14. The lowest BCUT2D eigenvalue weighted by atomic mass is 10.1. The van der Waals surface area contributed by atoms with Crippen molar-refractivity contribution in [1.82, 2.24) is 0 Å². The second kappa shape index (κ2) is 4.84. The van der Waals surface area contributed by atoms with E-state index in [0.29, 0.717) is 18.4 Å². The van der Waals surface area contributed by atoms with Crippen LogP contribution in [0, 0.1) is 10.3 Å². The van der Waals surface area contributed by atoms with Crippen LogP contribution in [0.2, 0.25) is 0 Å². The number of rotatable bonds is 7. The molecule has 1 rings (SSSR count). The molecule has 0 bridgehead atoms. The molecule has 0 saturated heterocycles. The van der Waals surface area contributed by atoms with Crippen molar-refractivity contribution in [3.63, 3.8) is 0 Å². The van der Waals surface area contributed by atoms with E-state index in [2.05, 4.69) is 12.1 Å². The fourth-order valence-electron chi connectivity index (χ4n) is 1.31. The number of aliphatic hydroxyl groups excluding tert-OH is 1. The first kappa shape index (κ1) is 11.6. The van der Waals surface area contributed by atoms with Gasteiger partial charge >= 0.3 is 0 Å². The number of ether oxygens (including phenoxy) is 1. The minimum absolute atomic E-state index is 0.292. The predicted octanol–water partition coefficient (Wildman–Crippen LogP) is 2.06. The van der Waals surface area contributed by atoms with Gasteiger partial charge in [0.2, 0.25) is 0 Å². The SMILES string of the molecule is CC(CC(O)OCCC1(C)CC1)N=O. The predicted molar refractivity (Wildman–Crippen MR) is 53.8 cm³/mol. The summed E-state index contributed by atoms with van der Waals surface area (Å²) in [5.41, 5.74) is 0.453. The molecule has 1 aliphatic carbocycles. The summed E-state index contributed by atoms with van der Waals surface area (Å²) in [5, 5.41) is 12.2. The van der Waals surface area contributed by atoms with Crippen LogP contribution in [0.3, 0.4) is 0 Å². The molecule has 0 amide bonds. The molecule has 0 radical (unpaired) electrons. The molecule has 14 heavy (non-hydrogen) atoms. The molecule has 4 nitrogen and oxygen atoms in total. The molecule has 1 N–H and O–H groups in total. The van der Waals surface area contributed by atoms with Crippen LogP contribution in [-0.2, 0) is 4.74 Å². The average Bonchev–Trinajstić information content (AvgIpc) is 2.83. The van der Waals surface area contributed by atoms with Crippen LogP contribution in [0.25, 0.3) is 0 Å². The van der Waals surface area contributed by atoms with Gasteiger partial charge in [0, 0.05) is 6.42 Å². The summed E-state index contributed by atoms with van der Waals surface area (Å²) in [6.45, 7) is 4.46. The molecule has 0 heterocycles. The van der Waals surface area contributed by atoms with E-state index in [1.54, 1.807) is 6.92 Å². The zero-order valence-corrected chi connectivity index (χ0v) is 8.90. The second-order valence-corrected chi connectivity index (χ2v) is 4.58. The summed E-state index contributed by atoms with van der Waals surface area (Å²) in [7, 11) is 0. The quantitative estimate of drug-likeness (QED) is 0.506. The summed E-state index contributed by atoms with van der Waals surface area (Å²) >= 11 is 0. The number of hydrogen-bond donors (Lipinski definition) is 1. The molecule has 0 aromatic heterocycles. The number of nitroso groups, excluding NO2 is 1. The van der Waals surface area contributed by atoms with Crippen LogP contribution < -0.4 is 0 Å². The van der Waals surface area contributed by atoms with Gasteiger partial charge < -0.3 is 9.84 Å². The fraction of sp³-hybridized carbons (Fsp3) is 1.00. The van der Waals surface area contributed by atoms with Gasteiger partial charge in [-0.15, -0.1) is 0 Å². The van der Waals surface area contributed by atoms with Crippen LogP contribution >= 0.6 is 0 Å². The summed E-state index contributed by atoms with van der Waals surface area (Å²) in [6.07, 6.45) is 2.97. The van der Waals surface area contributed by atoms with Gasteiger partial charge in [0.05, 0.1) is 12.6 Å². The van der Waals surface area contributed by atoms with Gasteiger partial charge in [-0.3, -0.25) is 0 Å². The van der Waals surface area contributed by atoms with E-state index in [9.17, 15) is 10.0 Å². The van der Waals surface area contributed by atoms with E-state index in [1.807, 2.05) is 0 Å². The van der Waals surface area contributed by atoms with Crippen molar-refractivity contribution in [2.45, 2.75) is 51.9 Å². The minimum Gasteiger partial charge on any atom is -0.368 e. The smallest absolute Gasteiger partial charge is 0.156 e. The third-order valence-electron chi connectivity index (χ3n) is 2.84. The van der Waals surface area contributed by atoms with Crippen LogP contribution in [0.5, 0.6) is 0 Å². The zero-order valence-electron chi connectivity index (χ0n) is 8.90. The number of hydrogen-bond acceptors (Lipinski definition) is 4. The second-order valence-electron chi connectivity index (χ2n) is 4.58. The van der Waals surface area contributed by atoms with Crippen LogP contribution in [0.15, 0.2) is 5.18 Å². The zero-order chi connectivity index (χ0) is 10.6.